The van der Waals surface area contributed by atoms with Crippen LogP contribution in [0.25, 0.3) is 11.1 Å². The SMILES string of the molecule is CN1CCCC1CCn1cc(-c2ccccc2)cn1. The normalized spacial score (nSPS) is 19.9. The molecule has 2 aromatic rings. The van der Waals surface area contributed by atoms with Gasteiger partial charge in [0.25, 0.3) is 0 Å². The number of hydrogen-bond acceptors (Lipinski definition) is 2. The third kappa shape index (κ3) is 2.87. The molecular formula is C16H21N3. The lowest BCUT2D eigenvalue weighted by Crippen LogP contribution is -2.26. The molecule has 3 heteroatoms. The van der Waals surface area contributed by atoms with Crippen molar-refractivity contribution in [3.05, 3.63) is 42.7 Å². The zero-order valence-electron chi connectivity index (χ0n) is 11.5. The van der Waals surface area contributed by atoms with Gasteiger partial charge < -0.3 is 4.90 Å². The largest absolute Gasteiger partial charge is 0.303 e. The predicted molar refractivity (Wildman–Crippen MR) is 77.9 cm³/mol. The van der Waals surface area contributed by atoms with Gasteiger partial charge in [-0.05, 0) is 38.4 Å². The molecule has 19 heavy (non-hydrogen) atoms. The molecule has 3 rings (SSSR count). The molecule has 0 radical (unpaired) electrons. The highest BCUT2D eigenvalue weighted by molar-refractivity contribution is 5.61. The van der Waals surface area contributed by atoms with Crippen LogP contribution in [-0.2, 0) is 6.54 Å². The van der Waals surface area contributed by atoms with E-state index in [0.717, 1.165) is 12.6 Å². The molecule has 1 aromatic carbocycles. The summed E-state index contributed by atoms with van der Waals surface area (Å²) in [5.74, 6) is 0. The van der Waals surface area contributed by atoms with Crippen molar-refractivity contribution in [3.8, 4) is 11.1 Å². The van der Waals surface area contributed by atoms with Gasteiger partial charge in [0.2, 0.25) is 0 Å². The van der Waals surface area contributed by atoms with E-state index in [1.54, 1.807) is 0 Å². The van der Waals surface area contributed by atoms with E-state index in [1.165, 1.54) is 36.9 Å². The van der Waals surface area contributed by atoms with Gasteiger partial charge >= 0.3 is 0 Å². The monoisotopic (exact) mass is 255 g/mol. The van der Waals surface area contributed by atoms with Gasteiger partial charge in [0.05, 0.1) is 6.20 Å². The van der Waals surface area contributed by atoms with Crippen molar-refractivity contribution in [3.63, 3.8) is 0 Å². The molecule has 0 aliphatic carbocycles. The summed E-state index contributed by atoms with van der Waals surface area (Å²) in [4.78, 5) is 2.47. The Morgan fingerprint density at radius 2 is 2.05 bits per heavy atom. The molecule has 0 saturated carbocycles. The summed E-state index contributed by atoms with van der Waals surface area (Å²) in [6.07, 6.45) is 8.00. The Morgan fingerprint density at radius 3 is 2.79 bits per heavy atom. The molecule has 1 unspecified atom stereocenters. The first-order chi connectivity index (χ1) is 9.33. The topological polar surface area (TPSA) is 21.1 Å². The molecule has 1 fully saturated rings. The fourth-order valence-electron chi connectivity index (χ4n) is 2.89. The van der Waals surface area contributed by atoms with E-state index in [9.17, 15) is 0 Å². The van der Waals surface area contributed by atoms with E-state index < -0.39 is 0 Å². The minimum absolute atomic E-state index is 0.740. The third-order valence-electron chi connectivity index (χ3n) is 4.10. The highest BCUT2D eigenvalue weighted by atomic mass is 15.3. The molecular weight excluding hydrogens is 234 g/mol. The number of aromatic nitrogens is 2. The Kier molecular flexibility index (Phi) is 3.65. The molecule has 3 nitrogen and oxygen atoms in total. The fourth-order valence-corrected chi connectivity index (χ4v) is 2.89. The number of benzene rings is 1. The highest BCUT2D eigenvalue weighted by Gasteiger charge is 2.20. The molecule has 0 spiro atoms. The summed E-state index contributed by atoms with van der Waals surface area (Å²) in [6.45, 7) is 2.26. The maximum atomic E-state index is 4.48. The highest BCUT2D eigenvalue weighted by Crippen LogP contribution is 2.20. The molecule has 2 heterocycles. The lowest BCUT2D eigenvalue weighted by molar-refractivity contribution is 0.283. The van der Waals surface area contributed by atoms with E-state index in [4.69, 9.17) is 0 Å². The number of aryl methyl sites for hydroxylation is 1. The molecule has 0 amide bonds. The van der Waals surface area contributed by atoms with Gasteiger partial charge in [0.1, 0.15) is 0 Å². The van der Waals surface area contributed by atoms with Crippen LogP contribution < -0.4 is 0 Å². The zero-order valence-corrected chi connectivity index (χ0v) is 11.5. The van der Waals surface area contributed by atoms with Gasteiger partial charge in [-0.15, -0.1) is 0 Å². The fraction of sp³-hybridized carbons (Fsp3) is 0.438. The first-order valence-corrected chi connectivity index (χ1v) is 7.11. The number of nitrogens with zero attached hydrogens (tertiary/aromatic N) is 3. The van der Waals surface area contributed by atoms with Crippen molar-refractivity contribution in [2.24, 2.45) is 0 Å². The molecule has 1 atom stereocenters. The number of rotatable bonds is 4. The van der Waals surface area contributed by atoms with Crippen LogP contribution in [0.15, 0.2) is 42.7 Å². The summed E-state index contributed by atoms with van der Waals surface area (Å²) in [7, 11) is 2.23. The van der Waals surface area contributed by atoms with Crippen LogP contribution in [0.3, 0.4) is 0 Å². The van der Waals surface area contributed by atoms with Crippen molar-refractivity contribution >= 4 is 0 Å². The molecule has 1 saturated heterocycles. The second kappa shape index (κ2) is 5.57. The number of hydrogen-bond donors (Lipinski definition) is 0. The smallest absolute Gasteiger partial charge is 0.0568 e. The van der Waals surface area contributed by atoms with Crippen molar-refractivity contribution in [1.82, 2.24) is 14.7 Å². The summed E-state index contributed by atoms with van der Waals surface area (Å²) in [5.41, 5.74) is 2.45. The van der Waals surface area contributed by atoms with E-state index in [0.29, 0.717) is 0 Å². The van der Waals surface area contributed by atoms with Crippen molar-refractivity contribution < 1.29 is 0 Å². The summed E-state index contributed by atoms with van der Waals surface area (Å²) < 4.78 is 2.08. The summed E-state index contributed by atoms with van der Waals surface area (Å²) >= 11 is 0. The average Bonchev–Trinajstić information content (AvgIpc) is 3.06. The molecule has 1 aromatic heterocycles. The first kappa shape index (κ1) is 12.4. The van der Waals surface area contributed by atoms with E-state index in [-0.39, 0.29) is 0 Å². The summed E-state index contributed by atoms with van der Waals surface area (Å²) in [6, 6.07) is 11.2. The van der Waals surface area contributed by atoms with Gasteiger partial charge in [-0.3, -0.25) is 4.68 Å². The Bertz CT molecular complexity index is 518. The third-order valence-corrected chi connectivity index (χ3v) is 4.10. The van der Waals surface area contributed by atoms with E-state index >= 15 is 0 Å². The van der Waals surface area contributed by atoms with Crippen LogP contribution in [-0.4, -0.2) is 34.3 Å². The van der Waals surface area contributed by atoms with Crippen molar-refractivity contribution in [2.45, 2.75) is 31.8 Å². The van der Waals surface area contributed by atoms with Crippen LogP contribution in [0.5, 0.6) is 0 Å². The minimum atomic E-state index is 0.740. The molecule has 1 aliphatic heterocycles. The van der Waals surface area contributed by atoms with Crippen LogP contribution in [0.4, 0.5) is 0 Å². The lowest BCUT2D eigenvalue weighted by atomic mass is 10.1. The maximum absolute atomic E-state index is 4.48. The Morgan fingerprint density at radius 1 is 1.21 bits per heavy atom. The van der Waals surface area contributed by atoms with Crippen LogP contribution in [0.2, 0.25) is 0 Å². The average molecular weight is 255 g/mol. The Balaban J connectivity index is 1.62. The first-order valence-electron chi connectivity index (χ1n) is 7.11. The number of likely N-dealkylation sites (tertiary alicyclic amines) is 1. The second-order valence-electron chi connectivity index (χ2n) is 5.42. The van der Waals surface area contributed by atoms with E-state index in [1.807, 2.05) is 12.3 Å². The van der Waals surface area contributed by atoms with E-state index in [2.05, 4.69) is 52.2 Å². The quantitative estimate of drug-likeness (QED) is 0.837. The van der Waals surface area contributed by atoms with Gasteiger partial charge in [-0.25, -0.2) is 0 Å². The maximum Gasteiger partial charge on any atom is 0.0568 e. The lowest BCUT2D eigenvalue weighted by Gasteiger charge is -2.18. The van der Waals surface area contributed by atoms with Gasteiger partial charge in [0.15, 0.2) is 0 Å². The minimum Gasteiger partial charge on any atom is -0.303 e. The van der Waals surface area contributed by atoms with Crippen LogP contribution in [0, 0.1) is 0 Å². The van der Waals surface area contributed by atoms with Crippen LogP contribution >= 0.6 is 0 Å². The molecule has 100 valence electrons. The molecule has 1 aliphatic rings. The van der Waals surface area contributed by atoms with Gasteiger partial charge in [0, 0.05) is 24.3 Å². The second-order valence-corrected chi connectivity index (χ2v) is 5.42. The van der Waals surface area contributed by atoms with Gasteiger partial charge in [-0.2, -0.15) is 5.10 Å². The zero-order chi connectivity index (χ0) is 13.1. The molecule has 0 N–H and O–H groups in total. The standard InChI is InChI=1S/C16H21N3/c1-18-10-5-8-16(18)9-11-19-13-15(12-17-19)14-6-3-2-4-7-14/h2-4,6-7,12-13,16H,5,8-11H2,1H3. The van der Waals surface area contributed by atoms with Crippen molar-refractivity contribution in [2.75, 3.05) is 13.6 Å². The predicted octanol–water partition coefficient (Wildman–Crippen LogP) is 3.03. The van der Waals surface area contributed by atoms with Gasteiger partial charge in [-0.1, -0.05) is 30.3 Å². The Hall–Kier alpha value is -1.61. The molecule has 0 bridgehead atoms. The summed E-state index contributed by atoms with van der Waals surface area (Å²) in [5, 5.41) is 4.48. The van der Waals surface area contributed by atoms with Crippen LogP contribution in [0.1, 0.15) is 19.3 Å². The van der Waals surface area contributed by atoms with Crippen molar-refractivity contribution in [1.29, 1.82) is 0 Å². The Labute approximate surface area is 114 Å².